The number of hydrogen-bond acceptors (Lipinski definition) is 5. The fraction of sp³-hybridized carbons (Fsp3) is 0.407. The zero-order chi connectivity index (χ0) is 26.2. The van der Waals surface area contributed by atoms with Crippen molar-refractivity contribution in [1.82, 2.24) is 24.5 Å². The van der Waals surface area contributed by atoms with E-state index in [0.29, 0.717) is 54.1 Å². The van der Waals surface area contributed by atoms with E-state index in [9.17, 15) is 19.2 Å². The number of carbonyl (C=O) groups excluding carboxylic acids is 2. The van der Waals surface area contributed by atoms with E-state index in [4.69, 9.17) is 11.6 Å². The summed E-state index contributed by atoms with van der Waals surface area (Å²) in [7, 11) is 0. The molecule has 0 unspecified atom stereocenters. The van der Waals surface area contributed by atoms with Crippen LogP contribution in [0.2, 0.25) is 5.02 Å². The van der Waals surface area contributed by atoms with Crippen molar-refractivity contribution in [2.24, 2.45) is 5.41 Å². The highest BCUT2D eigenvalue weighted by Crippen LogP contribution is 2.32. The number of nitrogens with one attached hydrogen (secondary N) is 1. The molecule has 2 aliphatic rings. The summed E-state index contributed by atoms with van der Waals surface area (Å²) in [5, 5.41) is 12.8. The molecule has 2 saturated heterocycles. The second kappa shape index (κ2) is 10.1. The standard InChI is InChI=1S/C27H28ClFN6O2/c1-27(15-30)5-8-33(16-27)14-25(36)32-23-13-34(7-4-21(23)18-9-19(28)11-20(29)10-18)26(37)22-3-2-6-35-17-31-12-24(22)35/h2-3,6,9-12,17,21,23H,4-5,7-8,13-14,16H2,1H3,(H,32,36)/t21-,23+,27+/m0/s1. The van der Waals surface area contributed by atoms with Gasteiger partial charge in [0.2, 0.25) is 5.91 Å². The van der Waals surface area contributed by atoms with Gasteiger partial charge in [0.15, 0.2) is 0 Å². The predicted molar refractivity (Wildman–Crippen MR) is 137 cm³/mol. The summed E-state index contributed by atoms with van der Waals surface area (Å²) >= 11 is 6.15. The molecule has 0 bridgehead atoms. The first-order valence-corrected chi connectivity index (χ1v) is 12.7. The maximum Gasteiger partial charge on any atom is 0.256 e. The molecule has 2 amide bonds. The van der Waals surface area contributed by atoms with Gasteiger partial charge in [-0.2, -0.15) is 5.26 Å². The first-order chi connectivity index (χ1) is 17.7. The third kappa shape index (κ3) is 5.31. The number of aromatic nitrogens is 2. The summed E-state index contributed by atoms with van der Waals surface area (Å²) in [4.78, 5) is 34.5. The molecular weight excluding hydrogens is 495 g/mol. The molecule has 1 N–H and O–H groups in total. The molecule has 0 spiro atoms. The lowest BCUT2D eigenvalue weighted by molar-refractivity contribution is -0.123. The van der Waals surface area contributed by atoms with Crippen LogP contribution in [0.4, 0.5) is 4.39 Å². The van der Waals surface area contributed by atoms with Crippen LogP contribution in [0.25, 0.3) is 5.52 Å². The quantitative estimate of drug-likeness (QED) is 0.554. The Balaban J connectivity index is 1.36. The van der Waals surface area contributed by atoms with Crippen LogP contribution in [0.3, 0.4) is 0 Å². The van der Waals surface area contributed by atoms with Gasteiger partial charge in [0.1, 0.15) is 5.82 Å². The number of halogens is 2. The molecule has 10 heteroatoms. The van der Waals surface area contributed by atoms with Gasteiger partial charge in [-0.1, -0.05) is 11.6 Å². The number of piperidine rings is 1. The molecule has 192 valence electrons. The van der Waals surface area contributed by atoms with Crippen molar-refractivity contribution in [3.8, 4) is 6.07 Å². The Hall–Kier alpha value is -3.48. The minimum Gasteiger partial charge on any atom is -0.350 e. The number of likely N-dealkylation sites (tertiary alicyclic amines) is 2. The number of nitriles is 1. The van der Waals surface area contributed by atoms with Gasteiger partial charge in [-0.05, 0) is 55.7 Å². The molecule has 2 aliphatic heterocycles. The van der Waals surface area contributed by atoms with Gasteiger partial charge < -0.3 is 14.6 Å². The zero-order valence-electron chi connectivity index (χ0n) is 20.5. The Morgan fingerprint density at radius 2 is 2.16 bits per heavy atom. The van der Waals surface area contributed by atoms with Gasteiger partial charge in [0.25, 0.3) is 5.91 Å². The Morgan fingerprint density at radius 1 is 1.32 bits per heavy atom. The number of carbonyl (C=O) groups is 2. The van der Waals surface area contributed by atoms with E-state index in [1.54, 1.807) is 40.0 Å². The van der Waals surface area contributed by atoms with E-state index in [1.807, 2.05) is 18.0 Å². The molecule has 0 aliphatic carbocycles. The van der Waals surface area contributed by atoms with Crippen molar-refractivity contribution in [2.75, 3.05) is 32.7 Å². The van der Waals surface area contributed by atoms with Crippen molar-refractivity contribution in [3.05, 3.63) is 71.0 Å². The molecule has 3 aromatic rings. The summed E-state index contributed by atoms with van der Waals surface area (Å²) in [6.07, 6.45) is 6.38. The number of amides is 2. The third-order valence-electron chi connectivity index (χ3n) is 7.43. The zero-order valence-corrected chi connectivity index (χ0v) is 21.3. The minimum absolute atomic E-state index is 0.148. The number of benzene rings is 1. The number of rotatable bonds is 5. The van der Waals surface area contributed by atoms with Crippen LogP contribution in [0, 0.1) is 22.6 Å². The van der Waals surface area contributed by atoms with Crippen LogP contribution in [0.5, 0.6) is 0 Å². The van der Waals surface area contributed by atoms with Crippen molar-refractivity contribution < 1.29 is 14.0 Å². The van der Waals surface area contributed by atoms with Crippen molar-refractivity contribution in [2.45, 2.75) is 31.7 Å². The second-order valence-electron chi connectivity index (χ2n) is 10.3. The monoisotopic (exact) mass is 522 g/mol. The fourth-order valence-corrected chi connectivity index (χ4v) is 5.74. The molecule has 3 atom stereocenters. The number of hydrogen-bond donors (Lipinski definition) is 1. The number of fused-ring (bicyclic) bond motifs is 1. The van der Waals surface area contributed by atoms with Gasteiger partial charge in [-0.3, -0.25) is 14.5 Å². The van der Waals surface area contributed by atoms with E-state index in [0.717, 1.165) is 0 Å². The first-order valence-electron chi connectivity index (χ1n) is 12.3. The fourth-order valence-electron chi connectivity index (χ4n) is 5.51. The molecule has 8 nitrogen and oxygen atoms in total. The summed E-state index contributed by atoms with van der Waals surface area (Å²) in [6.45, 7) is 3.99. The van der Waals surface area contributed by atoms with Gasteiger partial charge in [0, 0.05) is 43.3 Å². The minimum atomic E-state index is -0.454. The smallest absolute Gasteiger partial charge is 0.256 e. The largest absolute Gasteiger partial charge is 0.350 e. The second-order valence-corrected chi connectivity index (χ2v) is 10.7. The van der Waals surface area contributed by atoms with Gasteiger partial charge in [-0.25, -0.2) is 9.37 Å². The van der Waals surface area contributed by atoms with Crippen molar-refractivity contribution >= 4 is 28.9 Å². The highest BCUT2D eigenvalue weighted by atomic mass is 35.5. The van der Waals surface area contributed by atoms with E-state index < -0.39 is 17.3 Å². The Bertz CT molecular complexity index is 1370. The van der Waals surface area contributed by atoms with Crippen LogP contribution in [-0.2, 0) is 4.79 Å². The molecule has 1 aromatic carbocycles. The van der Waals surface area contributed by atoms with Crippen LogP contribution in [0.1, 0.15) is 41.6 Å². The van der Waals surface area contributed by atoms with Crippen LogP contribution in [0.15, 0.2) is 49.1 Å². The van der Waals surface area contributed by atoms with Gasteiger partial charge in [-0.15, -0.1) is 0 Å². The molecule has 2 aromatic heterocycles. The van der Waals surface area contributed by atoms with Gasteiger partial charge >= 0.3 is 0 Å². The Kier molecular flexibility index (Phi) is 6.88. The first kappa shape index (κ1) is 25.2. The number of imidazole rings is 1. The molecule has 2 fully saturated rings. The third-order valence-corrected chi connectivity index (χ3v) is 7.65. The predicted octanol–water partition coefficient (Wildman–Crippen LogP) is 3.48. The topological polar surface area (TPSA) is 93.7 Å². The van der Waals surface area contributed by atoms with Crippen LogP contribution in [-0.4, -0.2) is 69.8 Å². The summed E-state index contributed by atoms with van der Waals surface area (Å²) < 4.78 is 16.0. The van der Waals surface area contributed by atoms with E-state index in [2.05, 4.69) is 16.4 Å². The molecular formula is C27H28ClFN6O2. The summed E-state index contributed by atoms with van der Waals surface area (Å²) in [5.41, 5.74) is 1.48. The molecule has 0 radical (unpaired) electrons. The Morgan fingerprint density at radius 3 is 2.92 bits per heavy atom. The molecule has 4 heterocycles. The van der Waals surface area contributed by atoms with E-state index in [-0.39, 0.29) is 30.8 Å². The van der Waals surface area contributed by atoms with Crippen LogP contribution >= 0.6 is 11.6 Å². The molecule has 0 saturated carbocycles. The molecule has 5 rings (SSSR count). The number of pyridine rings is 1. The average Bonchev–Trinajstić information content (AvgIpc) is 3.49. The number of nitrogens with zero attached hydrogens (tertiary/aromatic N) is 5. The highest BCUT2D eigenvalue weighted by molar-refractivity contribution is 6.30. The lowest BCUT2D eigenvalue weighted by atomic mass is 9.84. The maximum absolute atomic E-state index is 14.2. The summed E-state index contributed by atoms with van der Waals surface area (Å²) in [5.74, 6) is -0.987. The summed E-state index contributed by atoms with van der Waals surface area (Å²) in [6, 6.07) is 9.89. The SMILES string of the molecule is C[C@]1(C#N)CCN(CC(=O)N[C@@H]2CN(C(=O)c3cccn4cncc34)CC[C@H]2c2cc(F)cc(Cl)c2)C1. The van der Waals surface area contributed by atoms with Crippen LogP contribution < -0.4 is 5.32 Å². The normalized spacial score (nSPS) is 24.2. The average molecular weight is 523 g/mol. The Labute approximate surface area is 219 Å². The molecule has 37 heavy (non-hydrogen) atoms. The maximum atomic E-state index is 14.2. The van der Waals surface area contributed by atoms with E-state index >= 15 is 0 Å². The van der Waals surface area contributed by atoms with Gasteiger partial charge in [0.05, 0.1) is 47.7 Å². The van der Waals surface area contributed by atoms with E-state index in [1.165, 1.54) is 12.1 Å². The lowest BCUT2D eigenvalue weighted by Gasteiger charge is -2.39. The lowest BCUT2D eigenvalue weighted by Crippen LogP contribution is -2.54. The van der Waals surface area contributed by atoms with Crippen molar-refractivity contribution in [3.63, 3.8) is 0 Å². The highest BCUT2D eigenvalue weighted by Gasteiger charge is 2.37. The van der Waals surface area contributed by atoms with Crippen molar-refractivity contribution in [1.29, 1.82) is 5.26 Å².